The summed E-state index contributed by atoms with van der Waals surface area (Å²) >= 11 is 1.75. The summed E-state index contributed by atoms with van der Waals surface area (Å²) in [5.41, 5.74) is 4.43. The molecule has 1 aromatic carbocycles. The number of imidazole rings is 1. The number of H-pyrrole nitrogens is 1. The van der Waals surface area contributed by atoms with Crippen LogP contribution in [0.1, 0.15) is 39.1 Å². The molecular weight excluding hydrogens is 312 g/mol. The molecule has 2 nitrogen and oxygen atoms in total. The van der Waals surface area contributed by atoms with Crippen LogP contribution in [0.3, 0.4) is 0 Å². The fraction of sp³-hybridized carbons (Fsp3) is 0.381. The fourth-order valence-electron chi connectivity index (χ4n) is 1.80. The van der Waals surface area contributed by atoms with Crippen LogP contribution >= 0.6 is 11.8 Å². The van der Waals surface area contributed by atoms with Gasteiger partial charge in [-0.25, -0.2) is 4.98 Å². The monoisotopic (exact) mass is 346 g/mol. The lowest BCUT2D eigenvalue weighted by Crippen LogP contribution is -1.89. The van der Waals surface area contributed by atoms with Crippen LogP contribution in [0.5, 0.6) is 0 Å². The molecular formula is C21H34N2S. The Kier molecular flexibility index (Phi) is 16.5. The molecule has 2 rings (SSSR count). The molecule has 1 heterocycles. The molecule has 0 aliphatic heterocycles. The van der Waals surface area contributed by atoms with E-state index in [1.807, 2.05) is 58.4 Å². The quantitative estimate of drug-likeness (QED) is 0.621. The molecule has 0 atom stereocenters. The van der Waals surface area contributed by atoms with Gasteiger partial charge >= 0.3 is 0 Å². The first-order valence-electron chi connectivity index (χ1n) is 8.44. The van der Waals surface area contributed by atoms with Gasteiger partial charge in [0.25, 0.3) is 0 Å². The van der Waals surface area contributed by atoms with E-state index in [-0.39, 0.29) is 0 Å². The number of thioether (sulfide) groups is 1. The molecule has 0 saturated heterocycles. The third-order valence-corrected chi connectivity index (χ3v) is 2.65. The van der Waals surface area contributed by atoms with E-state index in [0.29, 0.717) is 0 Å². The van der Waals surface area contributed by atoms with Crippen LogP contribution < -0.4 is 0 Å². The van der Waals surface area contributed by atoms with Crippen LogP contribution in [0.15, 0.2) is 55.2 Å². The Morgan fingerprint density at radius 3 is 2.25 bits per heavy atom. The third kappa shape index (κ3) is 9.41. The van der Waals surface area contributed by atoms with Crippen LogP contribution in [-0.2, 0) is 6.42 Å². The molecule has 0 aliphatic carbocycles. The number of aryl methyl sites for hydroxylation is 1. The van der Waals surface area contributed by atoms with Gasteiger partial charge < -0.3 is 4.98 Å². The van der Waals surface area contributed by atoms with Crippen LogP contribution in [0.4, 0.5) is 0 Å². The van der Waals surface area contributed by atoms with Crippen molar-refractivity contribution in [1.82, 2.24) is 9.97 Å². The van der Waals surface area contributed by atoms with E-state index in [9.17, 15) is 0 Å². The van der Waals surface area contributed by atoms with E-state index in [4.69, 9.17) is 0 Å². The molecule has 3 heteroatoms. The molecule has 0 saturated carbocycles. The van der Waals surface area contributed by atoms with Crippen molar-refractivity contribution in [2.75, 3.05) is 12.5 Å². The Bertz CT molecular complexity index is 609. The maximum Gasteiger partial charge on any atom is 0.111 e. The van der Waals surface area contributed by atoms with E-state index in [1.54, 1.807) is 17.8 Å². The predicted octanol–water partition coefficient (Wildman–Crippen LogP) is 6.74. The van der Waals surface area contributed by atoms with Gasteiger partial charge in [0.1, 0.15) is 5.82 Å². The molecule has 24 heavy (non-hydrogen) atoms. The summed E-state index contributed by atoms with van der Waals surface area (Å²) in [5.74, 6) is 0.957. The van der Waals surface area contributed by atoms with Gasteiger partial charge in [-0.1, -0.05) is 65.1 Å². The molecule has 0 aliphatic rings. The lowest BCUT2D eigenvalue weighted by atomic mass is 10.1. The standard InChI is InChI=1S/C15H16N2.C2H6S.2C2H6/c1-4-6-12(5-2)10-15-16-13-8-7-11(3)9-14(13)17-15;1-3-2;2*1-2/h4-9H,1-2,10H2,3H3,(H,16,17);1-2H3;2*1-2H3/b12-6+;;;. The van der Waals surface area contributed by atoms with Crippen molar-refractivity contribution in [2.24, 2.45) is 0 Å². The Labute approximate surface area is 153 Å². The molecule has 2 aromatic rings. The minimum absolute atomic E-state index is 0.753. The summed E-state index contributed by atoms with van der Waals surface area (Å²) < 4.78 is 0. The van der Waals surface area contributed by atoms with Gasteiger partial charge in [0, 0.05) is 6.42 Å². The SMILES string of the molecule is C=C/C=C(\C=C)Cc1nc2ccc(C)cc2[nH]1.CC.CC.CSC. The van der Waals surface area contributed by atoms with Crippen LogP contribution in [0.2, 0.25) is 0 Å². The minimum atomic E-state index is 0.753. The van der Waals surface area contributed by atoms with Crippen molar-refractivity contribution in [3.8, 4) is 0 Å². The zero-order valence-corrected chi connectivity index (χ0v) is 17.3. The number of nitrogens with one attached hydrogen (secondary N) is 1. The number of benzene rings is 1. The summed E-state index contributed by atoms with van der Waals surface area (Å²) in [7, 11) is 0. The summed E-state index contributed by atoms with van der Waals surface area (Å²) in [6, 6.07) is 6.22. The molecule has 0 bridgehead atoms. The lowest BCUT2D eigenvalue weighted by molar-refractivity contribution is 1.04. The molecule has 1 N–H and O–H groups in total. The van der Waals surface area contributed by atoms with E-state index in [1.165, 1.54) is 5.56 Å². The second kappa shape index (κ2) is 16.1. The fourth-order valence-corrected chi connectivity index (χ4v) is 1.80. The molecule has 1 aromatic heterocycles. The second-order valence-electron chi connectivity index (χ2n) is 4.47. The molecule has 0 spiro atoms. The summed E-state index contributed by atoms with van der Waals surface area (Å²) in [5, 5.41) is 0. The number of aromatic nitrogens is 2. The summed E-state index contributed by atoms with van der Waals surface area (Å²) in [6.07, 6.45) is 10.4. The van der Waals surface area contributed by atoms with Gasteiger partial charge in [0.2, 0.25) is 0 Å². The average Bonchev–Trinajstić information content (AvgIpc) is 3.00. The van der Waals surface area contributed by atoms with Gasteiger partial charge in [0.15, 0.2) is 0 Å². The largest absolute Gasteiger partial charge is 0.342 e. The number of aromatic amines is 1. The number of rotatable bonds is 4. The Hall–Kier alpha value is -1.74. The van der Waals surface area contributed by atoms with Crippen molar-refractivity contribution in [1.29, 1.82) is 0 Å². The Balaban J connectivity index is 0. The van der Waals surface area contributed by atoms with Crippen molar-refractivity contribution in [3.05, 3.63) is 66.5 Å². The number of nitrogens with zero attached hydrogens (tertiary/aromatic N) is 1. The first-order chi connectivity index (χ1) is 11.6. The number of fused-ring (bicyclic) bond motifs is 1. The highest BCUT2D eigenvalue weighted by molar-refractivity contribution is 7.97. The molecule has 0 fully saturated rings. The van der Waals surface area contributed by atoms with E-state index < -0.39 is 0 Å². The molecule has 0 amide bonds. The van der Waals surface area contributed by atoms with Gasteiger partial charge in [-0.2, -0.15) is 11.8 Å². The topological polar surface area (TPSA) is 28.7 Å². The van der Waals surface area contributed by atoms with Crippen LogP contribution in [0.25, 0.3) is 11.0 Å². The predicted molar refractivity (Wildman–Crippen MR) is 115 cm³/mol. The van der Waals surface area contributed by atoms with Crippen molar-refractivity contribution >= 4 is 22.8 Å². The zero-order chi connectivity index (χ0) is 19.0. The Morgan fingerprint density at radius 1 is 1.17 bits per heavy atom. The van der Waals surface area contributed by atoms with E-state index in [0.717, 1.165) is 28.9 Å². The molecule has 134 valence electrons. The second-order valence-corrected chi connectivity index (χ2v) is 5.29. The first-order valence-corrected chi connectivity index (χ1v) is 10.1. The number of hydrogen-bond donors (Lipinski definition) is 1. The van der Waals surface area contributed by atoms with Gasteiger partial charge in [-0.15, -0.1) is 0 Å². The van der Waals surface area contributed by atoms with Gasteiger partial charge in [-0.05, 0) is 42.7 Å². The zero-order valence-electron chi connectivity index (χ0n) is 16.4. The first kappa shape index (κ1) is 24.5. The van der Waals surface area contributed by atoms with Crippen molar-refractivity contribution < 1.29 is 0 Å². The molecule has 0 radical (unpaired) electrons. The lowest BCUT2D eigenvalue weighted by Gasteiger charge is -1.96. The highest BCUT2D eigenvalue weighted by Gasteiger charge is 2.03. The maximum atomic E-state index is 4.55. The third-order valence-electron chi connectivity index (χ3n) is 2.65. The van der Waals surface area contributed by atoms with E-state index in [2.05, 4.69) is 42.2 Å². The maximum absolute atomic E-state index is 4.55. The number of allylic oxidation sites excluding steroid dienone is 4. The smallest absolute Gasteiger partial charge is 0.111 e. The van der Waals surface area contributed by atoms with Crippen LogP contribution in [-0.4, -0.2) is 22.5 Å². The van der Waals surface area contributed by atoms with Crippen LogP contribution in [0, 0.1) is 6.92 Å². The minimum Gasteiger partial charge on any atom is -0.342 e. The highest BCUT2D eigenvalue weighted by atomic mass is 32.2. The van der Waals surface area contributed by atoms with Crippen molar-refractivity contribution in [2.45, 2.75) is 41.0 Å². The summed E-state index contributed by atoms with van der Waals surface area (Å²) in [6.45, 7) is 17.6. The highest BCUT2D eigenvalue weighted by Crippen LogP contribution is 2.15. The number of hydrogen-bond acceptors (Lipinski definition) is 2. The average molecular weight is 347 g/mol. The van der Waals surface area contributed by atoms with Gasteiger partial charge in [0.05, 0.1) is 11.0 Å². The summed E-state index contributed by atoms with van der Waals surface area (Å²) in [4.78, 5) is 7.87. The van der Waals surface area contributed by atoms with E-state index >= 15 is 0 Å². The van der Waals surface area contributed by atoms with Crippen molar-refractivity contribution in [3.63, 3.8) is 0 Å². The normalized spacial score (nSPS) is 9.54. The van der Waals surface area contributed by atoms with Gasteiger partial charge in [-0.3, -0.25) is 0 Å². The Morgan fingerprint density at radius 2 is 1.75 bits per heavy atom. The molecule has 0 unspecified atom stereocenters.